The van der Waals surface area contributed by atoms with E-state index in [1.807, 2.05) is 20.8 Å². The largest absolute Gasteiger partial charge is 0.352 e. The summed E-state index contributed by atoms with van der Waals surface area (Å²) >= 11 is 0. The van der Waals surface area contributed by atoms with Crippen molar-refractivity contribution in [3.05, 3.63) is 0 Å². The van der Waals surface area contributed by atoms with Crippen molar-refractivity contribution >= 4 is 0 Å². The summed E-state index contributed by atoms with van der Waals surface area (Å²) in [5, 5.41) is 0. The zero-order chi connectivity index (χ0) is 11.1. The zero-order valence-corrected chi connectivity index (χ0v) is 9.90. The van der Waals surface area contributed by atoms with Gasteiger partial charge in [-0.2, -0.15) is 0 Å². The van der Waals surface area contributed by atoms with E-state index in [1.165, 1.54) is 0 Å². The average Bonchev–Trinajstić information content (AvgIpc) is 2.66. The molecule has 0 bridgehead atoms. The standard InChI is InChI=1S/C11H22O4/c1-4-12-10(13-5-2)9-7-8-15-11(9)14-6-3/h9-11H,4-8H2,1-3H3/t9-,11+/m0/s1. The summed E-state index contributed by atoms with van der Waals surface area (Å²) in [4.78, 5) is 0. The number of hydrogen-bond acceptors (Lipinski definition) is 4. The Labute approximate surface area is 91.8 Å². The molecule has 0 radical (unpaired) electrons. The molecule has 15 heavy (non-hydrogen) atoms. The monoisotopic (exact) mass is 218 g/mol. The van der Waals surface area contributed by atoms with Gasteiger partial charge in [0.1, 0.15) is 0 Å². The normalized spacial score (nSPS) is 26.4. The first-order valence-electron chi connectivity index (χ1n) is 5.79. The van der Waals surface area contributed by atoms with E-state index in [-0.39, 0.29) is 18.5 Å². The van der Waals surface area contributed by atoms with E-state index in [0.29, 0.717) is 19.8 Å². The summed E-state index contributed by atoms with van der Waals surface area (Å²) in [5.41, 5.74) is 0. The summed E-state index contributed by atoms with van der Waals surface area (Å²) in [6, 6.07) is 0. The van der Waals surface area contributed by atoms with Gasteiger partial charge >= 0.3 is 0 Å². The van der Waals surface area contributed by atoms with Crippen LogP contribution in [0.2, 0.25) is 0 Å². The van der Waals surface area contributed by atoms with Gasteiger partial charge in [-0.25, -0.2) is 0 Å². The first kappa shape index (κ1) is 12.9. The maximum Gasteiger partial charge on any atom is 0.165 e. The molecule has 1 aliphatic rings. The molecule has 0 amide bonds. The molecule has 0 aromatic rings. The van der Waals surface area contributed by atoms with E-state index in [9.17, 15) is 0 Å². The summed E-state index contributed by atoms with van der Waals surface area (Å²) < 4.78 is 22.1. The molecular formula is C11H22O4. The molecule has 1 saturated heterocycles. The Morgan fingerprint density at radius 1 is 1.13 bits per heavy atom. The van der Waals surface area contributed by atoms with Gasteiger partial charge in [0.25, 0.3) is 0 Å². The topological polar surface area (TPSA) is 36.9 Å². The molecule has 0 aromatic heterocycles. The third-order valence-corrected chi connectivity index (χ3v) is 2.43. The molecule has 1 aliphatic heterocycles. The van der Waals surface area contributed by atoms with Crippen molar-refractivity contribution < 1.29 is 18.9 Å². The first-order chi connectivity index (χ1) is 7.33. The molecule has 4 heteroatoms. The van der Waals surface area contributed by atoms with Gasteiger partial charge in [0.15, 0.2) is 12.6 Å². The van der Waals surface area contributed by atoms with Gasteiger partial charge in [0, 0.05) is 19.8 Å². The van der Waals surface area contributed by atoms with Crippen LogP contribution in [-0.4, -0.2) is 39.0 Å². The van der Waals surface area contributed by atoms with Crippen molar-refractivity contribution in [3.63, 3.8) is 0 Å². The lowest BCUT2D eigenvalue weighted by molar-refractivity contribution is -0.218. The zero-order valence-electron chi connectivity index (χ0n) is 9.90. The molecule has 0 unspecified atom stereocenters. The highest BCUT2D eigenvalue weighted by molar-refractivity contribution is 4.73. The van der Waals surface area contributed by atoms with Gasteiger partial charge in [0.2, 0.25) is 0 Å². The Hall–Kier alpha value is -0.160. The molecule has 0 N–H and O–H groups in total. The molecule has 0 aromatic carbocycles. The van der Waals surface area contributed by atoms with E-state index in [0.717, 1.165) is 13.0 Å². The third-order valence-electron chi connectivity index (χ3n) is 2.43. The van der Waals surface area contributed by atoms with E-state index < -0.39 is 0 Å². The lowest BCUT2D eigenvalue weighted by Crippen LogP contribution is -2.34. The van der Waals surface area contributed by atoms with Gasteiger partial charge in [-0.05, 0) is 27.2 Å². The molecule has 0 saturated carbocycles. The highest BCUT2D eigenvalue weighted by Crippen LogP contribution is 2.27. The molecular weight excluding hydrogens is 196 g/mol. The molecule has 1 heterocycles. The Morgan fingerprint density at radius 3 is 2.33 bits per heavy atom. The fourth-order valence-corrected chi connectivity index (χ4v) is 1.80. The van der Waals surface area contributed by atoms with Crippen LogP contribution in [0.3, 0.4) is 0 Å². The van der Waals surface area contributed by atoms with Crippen LogP contribution in [0.1, 0.15) is 27.2 Å². The Balaban J connectivity index is 2.48. The maximum absolute atomic E-state index is 5.56. The number of ether oxygens (including phenoxy) is 4. The van der Waals surface area contributed by atoms with Crippen molar-refractivity contribution in [1.29, 1.82) is 0 Å². The van der Waals surface area contributed by atoms with Gasteiger partial charge in [0.05, 0.1) is 12.5 Å². The third kappa shape index (κ3) is 3.72. The van der Waals surface area contributed by atoms with Gasteiger partial charge < -0.3 is 18.9 Å². The van der Waals surface area contributed by atoms with Gasteiger partial charge in [-0.3, -0.25) is 0 Å². The van der Waals surface area contributed by atoms with E-state index >= 15 is 0 Å². The van der Waals surface area contributed by atoms with Crippen molar-refractivity contribution in [2.24, 2.45) is 5.92 Å². The summed E-state index contributed by atoms with van der Waals surface area (Å²) in [6.07, 6.45) is 0.576. The molecule has 0 aliphatic carbocycles. The second-order valence-electron chi connectivity index (χ2n) is 3.43. The summed E-state index contributed by atoms with van der Waals surface area (Å²) in [7, 11) is 0. The van der Waals surface area contributed by atoms with Crippen LogP contribution in [0.25, 0.3) is 0 Å². The number of rotatable bonds is 7. The van der Waals surface area contributed by atoms with Crippen LogP contribution in [0.15, 0.2) is 0 Å². The Bertz CT molecular complexity index is 157. The predicted octanol–water partition coefficient (Wildman–Crippen LogP) is 1.78. The van der Waals surface area contributed by atoms with E-state index in [2.05, 4.69) is 0 Å². The molecule has 1 fully saturated rings. The van der Waals surface area contributed by atoms with Crippen molar-refractivity contribution in [3.8, 4) is 0 Å². The van der Waals surface area contributed by atoms with Crippen molar-refractivity contribution in [1.82, 2.24) is 0 Å². The Kier molecular flexibility index (Phi) is 6.17. The lowest BCUT2D eigenvalue weighted by Gasteiger charge is -2.26. The van der Waals surface area contributed by atoms with Crippen LogP contribution < -0.4 is 0 Å². The van der Waals surface area contributed by atoms with Gasteiger partial charge in [-0.15, -0.1) is 0 Å². The molecule has 2 atom stereocenters. The quantitative estimate of drug-likeness (QED) is 0.610. The molecule has 1 rings (SSSR count). The highest BCUT2D eigenvalue weighted by Gasteiger charge is 2.36. The van der Waals surface area contributed by atoms with E-state index in [1.54, 1.807) is 0 Å². The minimum Gasteiger partial charge on any atom is -0.352 e. The Morgan fingerprint density at radius 2 is 1.80 bits per heavy atom. The highest BCUT2D eigenvalue weighted by atomic mass is 16.7. The van der Waals surface area contributed by atoms with Crippen LogP contribution >= 0.6 is 0 Å². The van der Waals surface area contributed by atoms with Crippen molar-refractivity contribution in [2.45, 2.75) is 39.8 Å². The fraction of sp³-hybridized carbons (Fsp3) is 1.00. The van der Waals surface area contributed by atoms with Crippen LogP contribution in [-0.2, 0) is 18.9 Å². The van der Waals surface area contributed by atoms with Crippen LogP contribution in [0.4, 0.5) is 0 Å². The second-order valence-corrected chi connectivity index (χ2v) is 3.43. The van der Waals surface area contributed by atoms with Crippen LogP contribution in [0.5, 0.6) is 0 Å². The predicted molar refractivity (Wildman–Crippen MR) is 56.5 cm³/mol. The SMILES string of the molecule is CCOC(OCC)[C@@H]1CCO[C@H]1OCC. The second kappa shape index (κ2) is 7.17. The fourth-order valence-electron chi connectivity index (χ4n) is 1.80. The smallest absolute Gasteiger partial charge is 0.165 e. The minimum atomic E-state index is -0.195. The van der Waals surface area contributed by atoms with Crippen LogP contribution in [0, 0.1) is 5.92 Å². The van der Waals surface area contributed by atoms with E-state index in [4.69, 9.17) is 18.9 Å². The molecule has 4 nitrogen and oxygen atoms in total. The molecule has 90 valence electrons. The lowest BCUT2D eigenvalue weighted by atomic mass is 10.1. The minimum absolute atomic E-state index is 0.168. The maximum atomic E-state index is 5.56. The van der Waals surface area contributed by atoms with Gasteiger partial charge in [-0.1, -0.05) is 0 Å². The first-order valence-corrected chi connectivity index (χ1v) is 5.79. The average molecular weight is 218 g/mol. The summed E-state index contributed by atoms with van der Waals surface area (Å²) in [5.74, 6) is 0.199. The number of hydrogen-bond donors (Lipinski definition) is 0. The molecule has 0 spiro atoms. The summed E-state index contributed by atoms with van der Waals surface area (Å²) in [6.45, 7) is 8.60. The van der Waals surface area contributed by atoms with Crippen molar-refractivity contribution in [2.75, 3.05) is 26.4 Å².